The molecule has 0 spiro atoms. The molecule has 0 aromatic heterocycles. The minimum absolute atomic E-state index is 0.145. The fourth-order valence-electron chi connectivity index (χ4n) is 2.73. The van der Waals surface area contributed by atoms with Gasteiger partial charge in [0, 0.05) is 10.6 Å². The highest BCUT2D eigenvalue weighted by molar-refractivity contribution is 7.81. The van der Waals surface area contributed by atoms with Crippen molar-refractivity contribution in [2.24, 2.45) is 10.1 Å². The molecule has 8 heteroatoms. The second-order valence-electron chi connectivity index (χ2n) is 5.74. The summed E-state index contributed by atoms with van der Waals surface area (Å²) in [7, 11) is 1.60. The number of thiol groups is 1. The number of carbonyl (C=O) groups is 1. The molecule has 0 fully saturated rings. The summed E-state index contributed by atoms with van der Waals surface area (Å²) in [4.78, 5) is 17.2. The van der Waals surface area contributed by atoms with Crippen molar-refractivity contribution in [2.45, 2.75) is 11.3 Å². The summed E-state index contributed by atoms with van der Waals surface area (Å²) in [6.45, 7) is 0. The summed E-state index contributed by atoms with van der Waals surface area (Å²) >= 11 is 10.4. The maximum absolute atomic E-state index is 12.7. The van der Waals surface area contributed by atoms with Gasteiger partial charge in [-0.15, -0.1) is 10.1 Å². The topological polar surface area (TPSA) is 63.5 Å². The standard InChI is InChI=1S/C18H14ClN3O3S/c1-24-13-8-4-10(5-9-13)14-15(26)17(23)22-18(20-14)25-16(21-22)11-2-6-12(19)7-3-11/h2-9,14-15,26H,1H3/t14-,15+/m1/s1. The number of benzene rings is 2. The van der Waals surface area contributed by atoms with Crippen molar-refractivity contribution in [1.29, 1.82) is 0 Å². The fraction of sp³-hybridized carbons (Fsp3) is 0.167. The van der Waals surface area contributed by atoms with E-state index in [1.165, 1.54) is 0 Å². The van der Waals surface area contributed by atoms with Crippen LogP contribution >= 0.6 is 24.2 Å². The quantitative estimate of drug-likeness (QED) is 0.822. The van der Waals surface area contributed by atoms with E-state index in [4.69, 9.17) is 21.1 Å². The lowest BCUT2D eigenvalue weighted by atomic mass is 10.0. The molecule has 6 nitrogen and oxygen atoms in total. The molecule has 2 aromatic rings. The number of hydrogen-bond donors (Lipinski definition) is 1. The number of hydrazone groups is 1. The Morgan fingerprint density at radius 1 is 1.15 bits per heavy atom. The minimum atomic E-state index is -0.663. The molecule has 0 aliphatic carbocycles. The van der Waals surface area contributed by atoms with Gasteiger partial charge in [0.2, 0.25) is 5.90 Å². The van der Waals surface area contributed by atoms with Crippen LogP contribution in [0, 0.1) is 0 Å². The molecule has 4 rings (SSSR count). The summed E-state index contributed by atoms with van der Waals surface area (Å²) in [5.74, 6) is 0.735. The Morgan fingerprint density at radius 3 is 2.50 bits per heavy atom. The molecule has 2 heterocycles. The van der Waals surface area contributed by atoms with E-state index >= 15 is 0 Å². The highest BCUT2D eigenvalue weighted by Gasteiger charge is 2.42. The van der Waals surface area contributed by atoms with Gasteiger partial charge in [0.05, 0.1) is 7.11 Å². The number of carbonyl (C=O) groups excluding carboxylic acids is 1. The van der Waals surface area contributed by atoms with Crippen LogP contribution in [0.15, 0.2) is 58.6 Å². The van der Waals surface area contributed by atoms with E-state index in [1.54, 1.807) is 31.4 Å². The van der Waals surface area contributed by atoms with Crippen molar-refractivity contribution in [1.82, 2.24) is 5.01 Å². The van der Waals surface area contributed by atoms with E-state index in [0.717, 1.165) is 16.3 Å². The van der Waals surface area contributed by atoms with Crippen molar-refractivity contribution in [2.75, 3.05) is 7.11 Å². The maximum atomic E-state index is 12.7. The highest BCUT2D eigenvalue weighted by atomic mass is 35.5. The number of amides is 1. The van der Waals surface area contributed by atoms with Crippen molar-refractivity contribution >= 4 is 42.1 Å². The lowest BCUT2D eigenvalue weighted by molar-refractivity contribution is -0.128. The average Bonchev–Trinajstić information content (AvgIpc) is 3.10. The number of ether oxygens (including phenoxy) is 2. The molecule has 0 radical (unpaired) electrons. The Hall–Kier alpha value is -2.51. The van der Waals surface area contributed by atoms with E-state index in [0.29, 0.717) is 16.5 Å². The first-order valence-electron chi connectivity index (χ1n) is 7.83. The van der Waals surface area contributed by atoms with Gasteiger partial charge in [-0.1, -0.05) is 23.7 Å². The molecule has 26 heavy (non-hydrogen) atoms. The molecule has 2 aromatic carbocycles. The smallest absolute Gasteiger partial charge is 0.323 e. The van der Waals surface area contributed by atoms with Gasteiger partial charge >= 0.3 is 6.02 Å². The monoisotopic (exact) mass is 387 g/mol. The number of nitrogens with zero attached hydrogens (tertiary/aromatic N) is 3. The molecule has 0 saturated carbocycles. The van der Waals surface area contributed by atoms with Crippen molar-refractivity contribution in [3.05, 3.63) is 64.7 Å². The van der Waals surface area contributed by atoms with Crippen LogP contribution in [-0.4, -0.2) is 35.2 Å². The zero-order valence-electron chi connectivity index (χ0n) is 13.7. The lowest BCUT2D eigenvalue weighted by Gasteiger charge is -2.27. The number of rotatable bonds is 3. The zero-order chi connectivity index (χ0) is 18.3. The molecule has 2 aliphatic heterocycles. The Morgan fingerprint density at radius 2 is 1.85 bits per heavy atom. The van der Waals surface area contributed by atoms with Crippen molar-refractivity contribution < 1.29 is 14.3 Å². The van der Waals surface area contributed by atoms with Crippen LogP contribution in [0.3, 0.4) is 0 Å². The summed E-state index contributed by atoms with van der Waals surface area (Å²) < 4.78 is 10.9. The minimum Gasteiger partial charge on any atom is -0.497 e. The van der Waals surface area contributed by atoms with Gasteiger partial charge in [-0.2, -0.15) is 12.6 Å². The predicted octanol–water partition coefficient (Wildman–Crippen LogP) is 3.28. The molecule has 0 bridgehead atoms. The van der Waals surface area contributed by atoms with E-state index in [9.17, 15) is 4.79 Å². The van der Waals surface area contributed by atoms with Gasteiger partial charge < -0.3 is 9.47 Å². The van der Waals surface area contributed by atoms with E-state index in [1.807, 2.05) is 24.3 Å². The number of halogens is 1. The van der Waals surface area contributed by atoms with Gasteiger partial charge in [-0.25, -0.2) is 4.99 Å². The molecule has 132 valence electrons. The summed E-state index contributed by atoms with van der Waals surface area (Å²) in [5.41, 5.74) is 1.55. The fourth-order valence-corrected chi connectivity index (χ4v) is 3.20. The highest BCUT2D eigenvalue weighted by Crippen LogP contribution is 2.33. The first-order valence-corrected chi connectivity index (χ1v) is 8.72. The maximum Gasteiger partial charge on any atom is 0.323 e. The van der Waals surface area contributed by atoms with E-state index in [-0.39, 0.29) is 11.9 Å². The Labute approximate surface area is 160 Å². The molecule has 2 aliphatic rings. The predicted molar refractivity (Wildman–Crippen MR) is 102 cm³/mol. The van der Waals surface area contributed by atoms with Crippen LogP contribution in [0.1, 0.15) is 17.2 Å². The normalized spacial score (nSPS) is 21.7. The molecular weight excluding hydrogens is 374 g/mol. The van der Waals surface area contributed by atoms with E-state index in [2.05, 4.69) is 22.7 Å². The van der Waals surface area contributed by atoms with Gasteiger partial charge in [0.1, 0.15) is 17.0 Å². The Bertz CT molecular complexity index is 912. The van der Waals surface area contributed by atoms with Crippen LogP contribution in [-0.2, 0) is 9.53 Å². The van der Waals surface area contributed by atoms with Gasteiger partial charge in [-0.05, 0) is 42.0 Å². The molecule has 1 amide bonds. The van der Waals surface area contributed by atoms with Crippen LogP contribution in [0.25, 0.3) is 0 Å². The molecule has 2 atom stereocenters. The second-order valence-corrected chi connectivity index (χ2v) is 6.73. The third-order valence-electron chi connectivity index (χ3n) is 4.12. The summed E-state index contributed by atoms with van der Waals surface area (Å²) in [6.07, 6.45) is 0. The van der Waals surface area contributed by atoms with Crippen LogP contribution in [0.5, 0.6) is 5.75 Å². The van der Waals surface area contributed by atoms with Crippen LogP contribution in [0.4, 0.5) is 0 Å². The third-order valence-corrected chi connectivity index (χ3v) is 4.87. The van der Waals surface area contributed by atoms with Gasteiger partial charge in [-0.3, -0.25) is 4.79 Å². The lowest BCUT2D eigenvalue weighted by Crippen LogP contribution is -2.42. The zero-order valence-corrected chi connectivity index (χ0v) is 15.3. The summed E-state index contributed by atoms with van der Waals surface area (Å²) in [5, 5.41) is 5.33. The first-order chi connectivity index (χ1) is 12.6. The molecular formula is C18H14ClN3O3S. The number of hydrogen-bond acceptors (Lipinski definition) is 6. The van der Waals surface area contributed by atoms with Gasteiger partial charge in [0.25, 0.3) is 5.91 Å². The van der Waals surface area contributed by atoms with Crippen LogP contribution < -0.4 is 4.74 Å². The second kappa shape index (κ2) is 6.66. The molecule has 0 saturated heterocycles. The molecule has 0 unspecified atom stereocenters. The number of fused-ring (bicyclic) bond motifs is 1. The van der Waals surface area contributed by atoms with Gasteiger partial charge in [0.15, 0.2) is 0 Å². The van der Waals surface area contributed by atoms with Crippen LogP contribution in [0.2, 0.25) is 5.02 Å². The van der Waals surface area contributed by atoms with Crippen molar-refractivity contribution in [3.8, 4) is 5.75 Å². The third kappa shape index (κ3) is 2.93. The van der Waals surface area contributed by atoms with Crippen molar-refractivity contribution in [3.63, 3.8) is 0 Å². The Balaban J connectivity index is 1.65. The average molecular weight is 388 g/mol. The Kier molecular flexibility index (Phi) is 4.34. The SMILES string of the molecule is COc1ccc([C@H]2N=C3OC(c4ccc(Cl)cc4)=NN3C(=O)[C@H]2S)cc1. The number of methoxy groups -OCH3 is 1. The largest absolute Gasteiger partial charge is 0.497 e. The van der Waals surface area contributed by atoms with E-state index < -0.39 is 11.3 Å². The number of aliphatic imine (C=N–C) groups is 1. The number of amidine groups is 1. The first kappa shape index (κ1) is 16.9. The summed E-state index contributed by atoms with van der Waals surface area (Å²) in [6, 6.07) is 14.0. The molecule has 0 N–H and O–H groups in total.